The van der Waals surface area contributed by atoms with Gasteiger partial charge in [-0.05, 0) is 31.0 Å². The van der Waals surface area contributed by atoms with Crippen LogP contribution in [0.15, 0.2) is 29.6 Å². The number of carbonyl (C=O) groups is 1. The van der Waals surface area contributed by atoms with Crippen molar-refractivity contribution in [2.24, 2.45) is 11.7 Å². The highest BCUT2D eigenvalue weighted by molar-refractivity contribution is 7.09. The van der Waals surface area contributed by atoms with Gasteiger partial charge in [0.25, 0.3) is 5.91 Å². The summed E-state index contributed by atoms with van der Waals surface area (Å²) in [6.07, 6.45) is 1.49. The van der Waals surface area contributed by atoms with Crippen molar-refractivity contribution in [2.75, 3.05) is 6.54 Å². The molecule has 0 fully saturated rings. The lowest BCUT2D eigenvalue weighted by Crippen LogP contribution is -2.30. The van der Waals surface area contributed by atoms with Crippen molar-refractivity contribution in [3.8, 4) is 0 Å². The van der Waals surface area contributed by atoms with Crippen LogP contribution in [0.2, 0.25) is 0 Å². The van der Waals surface area contributed by atoms with Crippen LogP contribution < -0.4 is 11.1 Å². The molecule has 6 nitrogen and oxygen atoms in total. The Bertz CT molecular complexity index is 821. The minimum Gasteiger partial charge on any atom is -0.341 e. The van der Waals surface area contributed by atoms with Crippen molar-refractivity contribution in [3.63, 3.8) is 0 Å². The third-order valence-electron chi connectivity index (χ3n) is 3.89. The smallest absolute Gasteiger partial charge is 0.271 e. The summed E-state index contributed by atoms with van der Waals surface area (Å²) in [5.74, 6) is 1.02. The minimum atomic E-state index is -0.181. The quantitative estimate of drug-likeness (QED) is 0.605. The Hall–Kier alpha value is -2.25. The number of rotatable bonds is 7. The van der Waals surface area contributed by atoms with Crippen molar-refractivity contribution < 1.29 is 4.79 Å². The highest BCUT2D eigenvalue weighted by Gasteiger charge is 2.21. The van der Waals surface area contributed by atoms with Gasteiger partial charge in [0.05, 0.1) is 22.1 Å². The van der Waals surface area contributed by atoms with E-state index in [0.717, 1.165) is 28.3 Å². The van der Waals surface area contributed by atoms with Crippen LogP contribution >= 0.6 is 11.3 Å². The van der Waals surface area contributed by atoms with Crippen molar-refractivity contribution in [1.82, 2.24) is 20.3 Å². The van der Waals surface area contributed by atoms with Crippen molar-refractivity contribution in [1.29, 1.82) is 0 Å². The molecule has 2 heterocycles. The zero-order valence-corrected chi connectivity index (χ0v) is 15.3. The molecule has 1 atom stereocenters. The maximum absolute atomic E-state index is 12.6. The summed E-state index contributed by atoms with van der Waals surface area (Å²) >= 11 is 1.47. The van der Waals surface area contributed by atoms with E-state index in [9.17, 15) is 4.79 Å². The molecule has 25 heavy (non-hydrogen) atoms. The summed E-state index contributed by atoms with van der Waals surface area (Å²) in [6.45, 7) is 4.79. The molecule has 132 valence electrons. The fraction of sp³-hybridized carbons (Fsp3) is 0.389. The molecule has 7 heteroatoms. The second-order valence-electron chi connectivity index (χ2n) is 6.46. The summed E-state index contributed by atoms with van der Waals surface area (Å²) < 4.78 is 0. The Labute approximate surface area is 150 Å². The number of benzene rings is 1. The molecule has 0 spiro atoms. The summed E-state index contributed by atoms with van der Waals surface area (Å²) in [5, 5.41) is 5.75. The summed E-state index contributed by atoms with van der Waals surface area (Å²) in [5.41, 5.74) is 7.86. The monoisotopic (exact) mass is 357 g/mol. The number of hydrogen-bond donors (Lipinski definition) is 3. The standard InChI is InChI=1S/C18H23N5OS/c1-11(2)9-14(17-21-12-5-3-4-6-13(12)22-17)23-18(24)15-10-25-16(20-15)7-8-19/h3-6,10-11,14H,7-9,19H2,1-2H3,(H,21,22)(H,23,24). The predicted molar refractivity (Wildman–Crippen MR) is 101 cm³/mol. The van der Waals surface area contributed by atoms with E-state index < -0.39 is 0 Å². The number of H-pyrrole nitrogens is 1. The third-order valence-corrected chi connectivity index (χ3v) is 4.80. The Morgan fingerprint density at radius 3 is 2.84 bits per heavy atom. The molecule has 3 aromatic rings. The molecule has 0 aliphatic carbocycles. The molecule has 0 aliphatic rings. The molecule has 3 rings (SSSR count). The van der Waals surface area contributed by atoms with E-state index in [4.69, 9.17) is 5.73 Å². The fourth-order valence-corrected chi connectivity index (χ4v) is 3.53. The topological polar surface area (TPSA) is 96.7 Å². The van der Waals surface area contributed by atoms with Gasteiger partial charge in [-0.2, -0.15) is 0 Å². The molecule has 0 aliphatic heterocycles. The van der Waals surface area contributed by atoms with Crippen molar-refractivity contribution in [3.05, 3.63) is 46.2 Å². The second kappa shape index (κ2) is 7.76. The van der Waals surface area contributed by atoms with E-state index in [-0.39, 0.29) is 11.9 Å². The average molecular weight is 357 g/mol. The number of para-hydroxylation sites is 2. The van der Waals surface area contributed by atoms with Gasteiger partial charge in [0.15, 0.2) is 0 Å². The van der Waals surface area contributed by atoms with Crippen LogP contribution in [-0.4, -0.2) is 27.4 Å². The van der Waals surface area contributed by atoms with Gasteiger partial charge in [0.2, 0.25) is 0 Å². The number of nitrogens with zero attached hydrogens (tertiary/aromatic N) is 2. The van der Waals surface area contributed by atoms with Crippen molar-refractivity contribution in [2.45, 2.75) is 32.7 Å². The number of hydrogen-bond acceptors (Lipinski definition) is 5. The van der Waals surface area contributed by atoms with E-state index in [1.807, 2.05) is 24.3 Å². The van der Waals surface area contributed by atoms with Gasteiger partial charge in [-0.3, -0.25) is 4.79 Å². The number of nitrogens with one attached hydrogen (secondary N) is 2. The summed E-state index contributed by atoms with van der Waals surface area (Å²) in [4.78, 5) is 24.9. The summed E-state index contributed by atoms with van der Waals surface area (Å²) in [7, 11) is 0. The Balaban J connectivity index is 1.81. The molecule has 0 radical (unpaired) electrons. The van der Waals surface area contributed by atoms with Gasteiger partial charge in [-0.25, -0.2) is 9.97 Å². The second-order valence-corrected chi connectivity index (χ2v) is 7.40. The third kappa shape index (κ3) is 4.24. The number of fused-ring (bicyclic) bond motifs is 1. The molecule has 1 aromatic carbocycles. The van der Waals surface area contributed by atoms with Crippen LogP contribution in [0.4, 0.5) is 0 Å². The van der Waals surface area contributed by atoms with E-state index in [1.165, 1.54) is 11.3 Å². The lowest BCUT2D eigenvalue weighted by atomic mass is 10.0. The molecule has 1 amide bonds. The highest BCUT2D eigenvalue weighted by Crippen LogP contribution is 2.22. The molecule has 0 saturated carbocycles. The zero-order valence-electron chi connectivity index (χ0n) is 14.5. The predicted octanol–water partition coefficient (Wildman–Crippen LogP) is 3.04. The number of aromatic nitrogens is 3. The zero-order chi connectivity index (χ0) is 17.8. The Morgan fingerprint density at radius 2 is 2.12 bits per heavy atom. The highest BCUT2D eigenvalue weighted by atomic mass is 32.1. The first-order valence-electron chi connectivity index (χ1n) is 8.46. The van der Waals surface area contributed by atoms with Crippen LogP contribution in [0.5, 0.6) is 0 Å². The lowest BCUT2D eigenvalue weighted by Gasteiger charge is -2.18. The molecule has 4 N–H and O–H groups in total. The first-order chi connectivity index (χ1) is 12.1. The van der Waals surface area contributed by atoms with Crippen LogP contribution in [-0.2, 0) is 6.42 Å². The van der Waals surface area contributed by atoms with E-state index >= 15 is 0 Å². The largest absolute Gasteiger partial charge is 0.341 e. The number of amides is 1. The van der Waals surface area contributed by atoms with Crippen molar-refractivity contribution >= 4 is 28.3 Å². The van der Waals surface area contributed by atoms with Gasteiger partial charge in [0, 0.05) is 11.8 Å². The normalized spacial score (nSPS) is 12.6. The van der Waals surface area contributed by atoms with Crippen LogP contribution in [0.25, 0.3) is 11.0 Å². The Kier molecular flexibility index (Phi) is 5.45. The molecular formula is C18H23N5OS. The van der Waals surface area contributed by atoms with Crippen LogP contribution in [0.3, 0.4) is 0 Å². The molecule has 1 unspecified atom stereocenters. The van der Waals surface area contributed by atoms with Gasteiger partial charge in [-0.1, -0.05) is 26.0 Å². The maximum atomic E-state index is 12.6. The number of nitrogens with two attached hydrogens (primary N) is 1. The fourth-order valence-electron chi connectivity index (χ4n) is 2.73. The number of aromatic amines is 1. The number of imidazole rings is 1. The summed E-state index contributed by atoms with van der Waals surface area (Å²) in [6, 6.07) is 7.69. The lowest BCUT2D eigenvalue weighted by molar-refractivity contribution is 0.0925. The van der Waals surface area contributed by atoms with Crippen LogP contribution in [0.1, 0.15) is 47.6 Å². The molecule has 0 saturated heterocycles. The first kappa shape index (κ1) is 17.6. The van der Waals surface area contributed by atoms with Gasteiger partial charge in [0.1, 0.15) is 11.5 Å². The molecule has 2 aromatic heterocycles. The van der Waals surface area contributed by atoms with E-state index in [2.05, 4.69) is 34.1 Å². The molecule has 0 bridgehead atoms. The number of thiazole rings is 1. The van der Waals surface area contributed by atoms with Crippen LogP contribution in [0, 0.1) is 5.92 Å². The van der Waals surface area contributed by atoms with E-state index in [1.54, 1.807) is 5.38 Å². The van der Waals surface area contributed by atoms with Gasteiger partial charge in [-0.15, -0.1) is 11.3 Å². The van der Waals surface area contributed by atoms with Gasteiger partial charge < -0.3 is 16.0 Å². The minimum absolute atomic E-state index is 0.175. The Morgan fingerprint density at radius 1 is 1.32 bits per heavy atom. The van der Waals surface area contributed by atoms with E-state index in [0.29, 0.717) is 24.6 Å². The molecular weight excluding hydrogens is 334 g/mol. The number of carbonyl (C=O) groups excluding carboxylic acids is 1. The first-order valence-corrected chi connectivity index (χ1v) is 9.34. The SMILES string of the molecule is CC(C)CC(NC(=O)c1csc(CCN)n1)c1nc2ccccc2[nH]1. The average Bonchev–Trinajstić information content (AvgIpc) is 3.20. The maximum Gasteiger partial charge on any atom is 0.271 e. The van der Waals surface area contributed by atoms with Gasteiger partial charge >= 0.3 is 0 Å².